The van der Waals surface area contributed by atoms with Gasteiger partial charge in [0, 0.05) is 41.7 Å². The number of aliphatic carboxylic acids is 1. The molecule has 0 unspecified atom stereocenters. The fourth-order valence-corrected chi connectivity index (χ4v) is 4.66. The number of rotatable bonds is 6. The van der Waals surface area contributed by atoms with Gasteiger partial charge in [0.2, 0.25) is 0 Å². The second-order valence-corrected chi connectivity index (χ2v) is 9.66. The van der Waals surface area contributed by atoms with Gasteiger partial charge in [-0.2, -0.15) is 13.2 Å². The number of thioether (sulfide) groups is 1. The van der Waals surface area contributed by atoms with Crippen molar-refractivity contribution < 1.29 is 27.9 Å². The molecule has 8 nitrogen and oxygen atoms in total. The summed E-state index contributed by atoms with van der Waals surface area (Å²) >= 11 is 1.64. The minimum atomic E-state index is -5.08. The highest BCUT2D eigenvalue weighted by molar-refractivity contribution is 7.98. The van der Waals surface area contributed by atoms with E-state index in [-0.39, 0.29) is 11.7 Å². The maximum Gasteiger partial charge on any atom is 0.490 e. The summed E-state index contributed by atoms with van der Waals surface area (Å²) < 4.78 is 31.7. The maximum atomic E-state index is 13.1. The number of anilines is 2. The van der Waals surface area contributed by atoms with E-state index < -0.39 is 12.1 Å². The van der Waals surface area contributed by atoms with Gasteiger partial charge in [-0.25, -0.2) is 14.8 Å². The minimum Gasteiger partial charge on any atom is -0.475 e. The molecule has 12 heteroatoms. The number of carbonyl (C=O) groups is 2. The van der Waals surface area contributed by atoms with Gasteiger partial charge >= 0.3 is 12.1 Å². The summed E-state index contributed by atoms with van der Waals surface area (Å²) in [6.07, 6.45) is 4.48. The van der Waals surface area contributed by atoms with Gasteiger partial charge in [0.1, 0.15) is 5.52 Å². The predicted molar refractivity (Wildman–Crippen MR) is 135 cm³/mol. The van der Waals surface area contributed by atoms with E-state index in [1.165, 1.54) is 12.8 Å². The number of aromatic nitrogens is 3. The fraction of sp³-hybridized carbons (Fsp3) is 0.400. The first kappa shape index (κ1) is 26.6. The van der Waals surface area contributed by atoms with Gasteiger partial charge in [-0.15, -0.1) is 11.8 Å². The first-order chi connectivity index (χ1) is 17.7. The number of piperidine rings is 1. The van der Waals surface area contributed by atoms with Crippen molar-refractivity contribution in [3.63, 3.8) is 0 Å². The molecule has 2 fully saturated rings. The van der Waals surface area contributed by atoms with Crippen LogP contribution in [0.25, 0.3) is 11.0 Å². The number of alkyl halides is 3. The van der Waals surface area contributed by atoms with Crippen LogP contribution in [0.15, 0.2) is 47.6 Å². The fourth-order valence-electron chi connectivity index (χ4n) is 4.06. The van der Waals surface area contributed by atoms with Gasteiger partial charge in [-0.1, -0.05) is 18.2 Å². The SMILES string of the molecule is CSc1ccccc1C(=O)C1CCN(c2nc3cnccc3nc2NC2CC2)CC1.O=C(O)C(F)(F)F. The molecule has 1 saturated heterocycles. The highest BCUT2D eigenvalue weighted by Gasteiger charge is 2.38. The van der Waals surface area contributed by atoms with Crippen molar-refractivity contribution >= 4 is 46.2 Å². The van der Waals surface area contributed by atoms with Gasteiger partial charge < -0.3 is 15.3 Å². The Hall–Kier alpha value is -3.41. The second-order valence-electron chi connectivity index (χ2n) is 8.81. The van der Waals surface area contributed by atoms with Crippen LogP contribution in [0.4, 0.5) is 24.8 Å². The van der Waals surface area contributed by atoms with Crippen LogP contribution in [0.5, 0.6) is 0 Å². The Morgan fingerprint density at radius 1 is 1.05 bits per heavy atom. The monoisotopic (exact) mass is 533 g/mol. The summed E-state index contributed by atoms with van der Waals surface area (Å²) in [7, 11) is 0. The van der Waals surface area contributed by atoms with Gasteiger partial charge in [-0.05, 0) is 44.1 Å². The smallest absolute Gasteiger partial charge is 0.475 e. The number of carboxylic acid groups (broad SMARTS) is 1. The van der Waals surface area contributed by atoms with Crippen LogP contribution in [-0.2, 0) is 4.79 Å². The number of halogens is 3. The molecule has 0 radical (unpaired) electrons. The lowest BCUT2D eigenvalue weighted by Crippen LogP contribution is -2.37. The van der Waals surface area contributed by atoms with E-state index in [1.54, 1.807) is 24.2 Å². The van der Waals surface area contributed by atoms with Crippen LogP contribution in [-0.4, -0.2) is 63.4 Å². The van der Waals surface area contributed by atoms with Crippen molar-refractivity contribution in [3.05, 3.63) is 48.3 Å². The summed E-state index contributed by atoms with van der Waals surface area (Å²) in [6.45, 7) is 1.61. The van der Waals surface area contributed by atoms with Crippen molar-refractivity contribution in [2.45, 2.75) is 42.8 Å². The lowest BCUT2D eigenvalue weighted by Gasteiger charge is -2.33. The molecule has 1 saturated carbocycles. The molecule has 0 bridgehead atoms. The molecule has 3 aromatic rings. The van der Waals surface area contributed by atoms with E-state index >= 15 is 0 Å². The van der Waals surface area contributed by atoms with Gasteiger partial charge in [-0.3, -0.25) is 9.78 Å². The van der Waals surface area contributed by atoms with Crippen LogP contribution in [0.3, 0.4) is 0 Å². The van der Waals surface area contributed by atoms with Gasteiger partial charge in [0.15, 0.2) is 17.4 Å². The van der Waals surface area contributed by atoms with Crippen molar-refractivity contribution in [2.24, 2.45) is 5.92 Å². The molecular weight excluding hydrogens is 507 g/mol. The first-order valence-corrected chi connectivity index (χ1v) is 13.0. The highest BCUT2D eigenvalue weighted by Crippen LogP contribution is 2.34. The number of fused-ring (bicyclic) bond motifs is 1. The Balaban J connectivity index is 0.000000405. The molecule has 1 aromatic carbocycles. The lowest BCUT2D eigenvalue weighted by atomic mass is 9.89. The van der Waals surface area contributed by atoms with Crippen molar-refractivity contribution in [1.29, 1.82) is 0 Å². The van der Waals surface area contributed by atoms with Crippen molar-refractivity contribution in [2.75, 3.05) is 29.6 Å². The number of carbonyl (C=O) groups excluding carboxylic acids is 1. The second kappa shape index (κ2) is 11.3. The van der Waals surface area contributed by atoms with Crippen LogP contribution in [0.1, 0.15) is 36.0 Å². The highest BCUT2D eigenvalue weighted by atomic mass is 32.2. The quantitative estimate of drug-likeness (QED) is 0.332. The number of carboxylic acids is 1. The first-order valence-electron chi connectivity index (χ1n) is 11.8. The Kier molecular flexibility index (Phi) is 8.16. The third-order valence-electron chi connectivity index (χ3n) is 6.15. The Bertz CT molecular complexity index is 1280. The molecule has 0 amide bonds. The van der Waals surface area contributed by atoms with Crippen molar-refractivity contribution in [1.82, 2.24) is 15.0 Å². The molecule has 2 aliphatic rings. The lowest BCUT2D eigenvalue weighted by molar-refractivity contribution is -0.192. The normalized spacial score (nSPS) is 16.2. The number of benzene rings is 1. The molecule has 37 heavy (non-hydrogen) atoms. The number of Topliss-reactive ketones (excluding diaryl/α,β-unsaturated/α-hetero) is 1. The van der Waals surface area contributed by atoms with E-state index in [4.69, 9.17) is 19.9 Å². The van der Waals surface area contributed by atoms with Crippen LogP contribution in [0.2, 0.25) is 0 Å². The van der Waals surface area contributed by atoms with Crippen molar-refractivity contribution in [3.8, 4) is 0 Å². The van der Waals surface area contributed by atoms with E-state index in [0.29, 0.717) is 6.04 Å². The number of hydrogen-bond acceptors (Lipinski definition) is 8. The van der Waals surface area contributed by atoms with Gasteiger partial charge in [0.05, 0.1) is 11.7 Å². The summed E-state index contributed by atoms with van der Waals surface area (Å²) in [5.74, 6) is -0.687. The zero-order valence-electron chi connectivity index (χ0n) is 20.0. The summed E-state index contributed by atoms with van der Waals surface area (Å²) in [4.78, 5) is 39.3. The molecule has 1 aliphatic heterocycles. The number of nitrogens with one attached hydrogen (secondary N) is 1. The van der Waals surface area contributed by atoms with E-state index in [0.717, 1.165) is 59.1 Å². The molecule has 1 aliphatic carbocycles. The third kappa shape index (κ3) is 6.68. The molecule has 0 atom stereocenters. The Morgan fingerprint density at radius 2 is 1.73 bits per heavy atom. The minimum absolute atomic E-state index is 0.0597. The summed E-state index contributed by atoms with van der Waals surface area (Å²) in [6, 6.07) is 10.3. The zero-order valence-corrected chi connectivity index (χ0v) is 20.8. The zero-order chi connectivity index (χ0) is 26.6. The van der Waals surface area contributed by atoms with E-state index in [2.05, 4.69) is 15.2 Å². The number of ketones is 1. The summed E-state index contributed by atoms with van der Waals surface area (Å²) in [5.41, 5.74) is 2.52. The Labute approximate surface area is 215 Å². The molecule has 196 valence electrons. The number of hydrogen-bond donors (Lipinski definition) is 2. The molecule has 3 heterocycles. The van der Waals surface area contributed by atoms with Crippen LogP contribution >= 0.6 is 11.8 Å². The van der Waals surface area contributed by atoms with E-state index in [9.17, 15) is 18.0 Å². The molecule has 2 aromatic heterocycles. The molecule has 0 spiro atoms. The van der Waals surface area contributed by atoms with E-state index in [1.807, 2.05) is 36.6 Å². The molecular formula is C25H26F3N5O3S. The predicted octanol–water partition coefficient (Wildman–Crippen LogP) is 5.05. The standard InChI is InChI=1S/C23H25N5OS.C2HF3O2/c1-30-20-5-3-2-4-17(20)21(29)15-9-12-28(13-10-15)23-22(25-16-6-7-16)26-18-8-11-24-14-19(18)27-23;3-2(4,5)1(6)7/h2-5,8,11,14-16H,6-7,9-10,12-13H2,1H3,(H,25,26);(H,6,7). The average Bonchev–Trinajstić information content (AvgIpc) is 3.72. The third-order valence-corrected chi connectivity index (χ3v) is 6.94. The number of nitrogens with zero attached hydrogens (tertiary/aromatic N) is 4. The van der Waals surface area contributed by atoms with Crippen LogP contribution in [0, 0.1) is 5.92 Å². The Morgan fingerprint density at radius 3 is 2.35 bits per heavy atom. The van der Waals surface area contributed by atoms with Gasteiger partial charge in [0.25, 0.3) is 0 Å². The molecule has 5 rings (SSSR count). The largest absolute Gasteiger partial charge is 0.490 e. The maximum absolute atomic E-state index is 13.1. The summed E-state index contributed by atoms with van der Waals surface area (Å²) in [5, 5.41) is 10.7. The van der Waals surface area contributed by atoms with Crippen LogP contribution < -0.4 is 10.2 Å². The molecule has 2 N–H and O–H groups in total. The average molecular weight is 534 g/mol. The topological polar surface area (TPSA) is 108 Å². The number of pyridine rings is 1.